The first-order chi connectivity index (χ1) is 12.1. The molecular weight excluding hydrogens is 340 g/mol. The Morgan fingerprint density at radius 1 is 1.24 bits per heavy atom. The Kier molecular flexibility index (Phi) is 4.90. The van der Waals surface area contributed by atoms with Crippen molar-refractivity contribution in [1.29, 1.82) is 0 Å². The number of aromatic nitrogens is 3. The van der Waals surface area contributed by atoms with Crippen molar-refractivity contribution in [1.82, 2.24) is 14.9 Å². The zero-order chi connectivity index (χ0) is 17.8. The van der Waals surface area contributed by atoms with Crippen molar-refractivity contribution in [2.45, 2.75) is 10.9 Å². The highest BCUT2D eigenvalue weighted by atomic mass is 32.2. The molecule has 0 aliphatic rings. The van der Waals surface area contributed by atoms with Crippen molar-refractivity contribution in [3.63, 3.8) is 0 Å². The SMILES string of the molecule is COc1cccc(-c2nnc(SCc3ccc(C(=O)[O-])cc3)n2N)c1. The number of carbonyl (C=O) groups excluding carboxylic acids is 1. The van der Waals surface area contributed by atoms with Gasteiger partial charge in [0.05, 0.1) is 13.1 Å². The summed E-state index contributed by atoms with van der Waals surface area (Å²) >= 11 is 1.41. The van der Waals surface area contributed by atoms with E-state index >= 15 is 0 Å². The third kappa shape index (κ3) is 3.74. The average Bonchev–Trinajstić information content (AvgIpc) is 3.01. The summed E-state index contributed by atoms with van der Waals surface area (Å²) in [5, 5.41) is 19.6. The first kappa shape index (κ1) is 16.8. The molecule has 0 aliphatic heterocycles. The quantitative estimate of drug-likeness (QED) is 0.525. The largest absolute Gasteiger partial charge is 0.545 e. The molecule has 1 aromatic heterocycles. The summed E-state index contributed by atoms with van der Waals surface area (Å²) in [6.45, 7) is 0. The minimum absolute atomic E-state index is 0.149. The third-order valence-electron chi connectivity index (χ3n) is 3.55. The number of nitrogens with two attached hydrogens (primary N) is 1. The van der Waals surface area contributed by atoms with Crippen LogP contribution in [0.15, 0.2) is 53.7 Å². The molecule has 128 valence electrons. The van der Waals surface area contributed by atoms with Gasteiger partial charge in [0.2, 0.25) is 5.16 Å². The molecule has 0 fully saturated rings. The van der Waals surface area contributed by atoms with Gasteiger partial charge in [-0.05, 0) is 23.3 Å². The van der Waals surface area contributed by atoms with Gasteiger partial charge < -0.3 is 20.5 Å². The van der Waals surface area contributed by atoms with Crippen LogP contribution in [0, 0.1) is 0 Å². The molecule has 25 heavy (non-hydrogen) atoms. The molecule has 8 heteroatoms. The first-order valence-electron chi connectivity index (χ1n) is 7.36. The second-order valence-electron chi connectivity index (χ2n) is 5.18. The normalized spacial score (nSPS) is 10.6. The number of thioether (sulfide) groups is 1. The number of rotatable bonds is 6. The van der Waals surface area contributed by atoms with Gasteiger partial charge in [0.15, 0.2) is 5.82 Å². The Balaban J connectivity index is 1.74. The Bertz CT molecular complexity index is 893. The van der Waals surface area contributed by atoms with Crippen molar-refractivity contribution < 1.29 is 14.6 Å². The van der Waals surface area contributed by atoms with E-state index in [9.17, 15) is 9.90 Å². The van der Waals surface area contributed by atoms with Crippen LogP contribution in [0.4, 0.5) is 0 Å². The van der Waals surface area contributed by atoms with Crippen molar-refractivity contribution in [3.05, 3.63) is 59.7 Å². The molecule has 3 rings (SSSR count). The van der Waals surface area contributed by atoms with Crippen LogP contribution in [0.5, 0.6) is 5.75 Å². The molecule has 0 radical (unpaired) electrons. The summed E-state index contributed by atoms with van der Waals surface area (Å²) in [6.07, 6.45) is 0. The summed E-state index contributed by atoms with van der Waals surface area (Å²) in [6, 6.07) is 13.9. The molecule has 3 aromatic rings. The van der Waals surface area contributed by atoms with E-state index in [1.807, 2.05) is 24.3 Å². The molecule has 0 bridgehead atoms. The lowest BCUT2D eigenvalue weighted by molar-refractivity contribution is -0.255. The van der Waals surface area contributed by atoms with Crippen LogP contribution in [0.3, 0.4) is 0 Å². The van der Waals surface area contributed by atoms with E-state index in [1.54, 1.807) is 19.2 Å². The van der Waals surface area contributed by atoms with Crippen LogP contribution in [0.2, 0.25) is 0 Å². The van der Waals surface area contributed by atoms with E-state index in [4.69, 9.17) is 10.6 Å². The lowest BCUT2D eigenvalue weighted by atomic mass is 10.1. The van der Waals surface area contributed by atoms with Crippen molar-refractivity contribution in [2.75, 3.05) is 13.0 Å². The maximum absolute atomic E-state index is 10.8. The second-order valence-corrected chi connectivity index (χ2v) is 6.12. The molecule has 0 aliphatic carbocycles. The number of methoxy groups -OCH3 is 1. The van der Waals surface area contributed by atoms with E-state index in [0.29, 0.717) is 22.5 Å². The van der Waals surface area contributed by atoms with Gasteiger partial charge in [-0.2, -0.15) is 0 Å². The fraction of sp³-hybridized carbons (Fsp3) is 0.118. The summed E-state index contributed by atoms with van der Waals surface area (Å²) in [4.78, 5) is 10.8. The Labute approximate surface area is 148 Å². The standard InChI is InChI=1S/C17H16N4O3S/c1-24-14-4-2-3-13(9-14)15-19-20-17(21(15)18)25-10-11-5-7-12(8-6-11)16(22)23/h2-9H,10,18H2,1H3,(H,22,23)/p-1. The topological polar surface area (TPSA) is 106 Å². The zero-order valence-corrected chi connectivity index (χ0v) is 14.2. The average molecular weight is 355 g/mol. The van der Waals surface area contributed by atoms with Gasteiger partial charge in [0.1, 0.15) is 5.75 Å². The van der Waals surface area contributed by atoms with Crippen molar-refractivity contribution in [3.8, 4) is 17.1 Å². The predicted octanol–water partition coefficient (Wildman–Crippen LogP) is 1.32. The van der Waals surface area contributed by atoms with Crippen LogP contribution in [0.25, 0.3) is 11.4 Å². The zero-order valence-electron chi connectivity index (χ0n) is 13.4. The molecule has 1 heterocycles. The maximum atomic E-state index is 10.8. The Hall–Kier alpha value is -3.00. The number of carboxylic acid groups (broad SMARTS) is 1. The minimum atomic E-state index is -1.19. The lowest BCUT2D eigenvalue weighted by Gasteiger charge is -2.06. The molecule has 7 nitrogen and oxygen atoms in total. The highest BCUT2D eigenvalue weighted by molar-refractivity contribution is 7.98. The van der Waals surface area contributed by atoms with Gasteiger partial charge in [-0.15, -0.1) is 10.2 Å². The molecule has 0 saturated carbocycles. The molecule has 0 saturated heterocycles. The number of carboxylic acids is 1. The lowest BCUT2D eigenvalue weighted by Crippen LogP contribution is -2.21. The maximum Gasteiger partial charge on any atom is 0.210 e. The molecule has 0 atom stereocenters. The van der Waals surface area contributed by atoms with E-state index in [2.05, 4.69) is 10.2 Å². The van der Waals surface area contributed by atoms with Crippen molar-refractivity contribution >= 4 is 17.7 Å². The van der Waals surface area contributed by atoms with Gasteiger partial charge >= 0.3 is 0 Å². The predicted molar refractivity (Wildman–Crippen MR) is 92.5 cm³/mol. The summed E-state index contributed by atoms with van der Waals surface area (Å²) in [5.74, 6) is 6.74. The minimum Gasteiger partial charge on any atom is -0.545 e. The monoisotopic (exact) mass is 355 g/mol. The van der Waals surface area contributed by atoms with Crippen LogP contribution in [0.1, 0.15) is 15.9 Å². The molecular formula is C17H15N4O3S-. The van der Waals surface area contributed by atoms with Crippen LogP contribution in [-0.2, 0) is 5.75 Å². The summed E-state index contributed by atoms with van der Waals surface area (Å²) in [5.41, 5.74) is 1.90. The number of nitrogens with zero attached hydrogens (tertiary/aromatic N) is 3. The molecule has 2 aromatic carbocycles. The smallest absolute Gasteiger partial charge is 0.210 e. The van der Waals surface area contributed by atoms with Gasteiger partial charge in [0, 0.05) is 11.3 Å². The highest BCUT2D eigenvalue weighted by Crippen LogP contribution is 2.26. The number of ether oxygens (including phenoxy) is 1. The van der Waals surface area contributed by atoms with E-state index in [1.165, 1.54) is 28.6 Å². The van der Waals surface area contributed by atoms with Gasteiger partial charge in [0.25, 0.3) is 0 Å². The third-order valence-corrected chi connectivity index (χ3v) is 4.56. The highest BCUT2D eigenvalue weighted by Gasteiger charge is 2.13. The molecule has 2 N–H and O–H groups in total. The van der Waals surface area contributed by atoms with Gasteiger partial charge in [-0.25, -0.2) is 4.68 Å². The Morgan fingerprint density at radius 2 is 2.00 bits per heavy atom. The fourth-order valence-electron chi connectivity index (χ4n) is 2.22. The second kappa shape index (κ2) is 7.27. The summed E-state index contributed by atoms with van der Waals surface area (Å²) < 4.78 is 6.63. The number of nitrogen functional groups attached to an aromatic ring is 1. The van der Waals surface area contributed by atoms with E-state index < -0.39 is 5.97 Å². The fourth-order valence-corrected chi connectivity index (χ4v) is 3.03. The number of hydrogen-bond donors (Lipinski definition) is 1. The van der Waals surface area contributed by atoms with E-state index in [-0.39, 0.29) is 5.56 Å². The number of aromatic carboxylic acids is 1. The first-order valence-corrected chi connectivity index (χ1v) is 8.35. The van der Waals surface area contributed by atoms with Crippen LogP contribution >= 0.6 is 11.8 Å². The number of benzene rings is 2. The van der Waals surface area contributed by atoms with Crippen LogP contribution in [-0.4, -0.2) is 28.0 Å². The molecule has 0 unspecified atom stereocenters. The number of carbonyl (C=O) groups is 1. The molecule has 0 amide bonds. The number of hydrogen-bond acceptors (Lipinski definition) is 7. The van der Waals surface area contributed by atoms with Gasteiger partial charge in [-0.3, -0.25) is 0 Å². The van der Waals surface area contributed by atoms with Gasteiger partial charge in [-0.1, -0.05) is 48.2 Å². The van der Waals surface area contributed by atoms with Crippen molar-refractivity contribution in [2.24, 2.45) is 0 Å². The van der Waals surface area contributed by atoms with Crippen LogP contribution < -0.4 is 15.7 Å². The van der Waals surface area contributed by atoms with E-state index in [0.717, 1.165) is 11.1 Å². The summed E-state index contributed by atoms with van der Waals surface area (Å²) in [7, 11) is 1.60. The Morgan fingerprint density at radius 3 is 2.68 bits per heavy atom. The molecule has 0 spiro atoms.